The van der Waals surface area contributed by atoms with Crippen LogP contribution in [0.15, 0.2) is 407 Å². The molecule has 0 spiro atoms. The average molecular weight is 1680 g/mol. The Kier molecular flexibility index (Phi) is 15.4. The molecule has 0 saturated heterocycles. The van der Waals surface area contributed by atoms with Gasteiger partial charge in [-0.2, -0.15) is 9.97 Å². The molecule has 10 aromatic heterocycles. The number of nitrogens with zero attached hydrogens (tertiary/aromatic N) is 11. The fraction of sp³-hybridized carbons (Fsp3) is 0. The number of para-hydroxylation sites is 8. The fourth-order valence-electron chi connectivity index (χ4n) is 21.0. The molecular formula is C116H67N11S2. The summed E-state index contributed by atoms with van der Waals surface area (Å²) in [4.78, 5) is 33.4. The molecule has 0 atom stereocenters. The number of aromatic nitrogens is 11. The van der Waals surface area contributed by atoms with Crippen LogP contribution in [-0.2, 0) is 0 Å². The third-order valence-electron chi connectivity index (χ3n) is 26.6. The van der Waals surface area contributed by atoms with E-state index >= 15 is 0 Å². The number of hydrogen-bond donors (Lipinski definition) is 0. The zero-order valence-electron chi connectivity index (χ0n) is 68.9. The Morgan fingerprint density at radius 1 is 0.209 bits per heavy atom. The maximum absolute atomic E-state index is 5.74. The molecule has 10 heterocycles. The highest BCUT2D eigenvalue weighted by Crippen LogP contribution is 2.53. The van der Waals surface area contributed by atoms with Crippen molar-refractivity contribution >= 4 is 194 Å². The molecule has 0 aliphatic rings. The van der Waals surface area contributed by atoms with Crippen LogP contribution >= 0.6 is 22.7 Å². The van der Waals surface area contributed by atoms with Gasteiger partial charge >= 0.3 is 0 Å². The molecule has 13 heteroatoms. The Balaban J connectivity index is 0.660. The van der Waals surface area contributed by atoms with Gasteiger partial charge in [0.15, 0.2) is 17.5 Å². The molecule has 18 aromatic carbocycles. The first-order valence-electron chi connectivity index (χ1n) is 43.6. The summed E-state index contributed by atoms with van der Waals surface area (Å²) in [6.07, 6.45) is 1.98. The van der Waals surface area contributed by atoms with Crippen LogP contribution < -0.4 is 0 Å². The molecule has 0 fully saturated rings. The summed E-state index contributed by atoms with van der Waals surface area (Å²) >= 11 is 3.68. The third-order valence-corrected chi connectivity index (χ3v) is 29.1. The van der Waals surface area contributed by atoms with Crippen LogP contribution in [-0.4, -0.2) is 52.7 Å². The van der Waals surface area contributed by atoms with Gasteiger partial charge in [0.05, 0.1) is 71.1 Å². The van der Waals surface area contributed by atoms with Crippen molar-refractivity contribution in [1.82, 2.24) is 52.7 Å². The minimum atomic E-state index is 0.513. The number of pyridine rings is 1. The van der Waals surface area contributed by atoms with Crippen molar-refractivity contribution < 1.29 is 0 Å². The Hall–Kier alpha value is -16.8. The van der Waals surface area contributed by atoms with Crippen LogP contribution in [0.3, 0.4) is 0 Å². The fourth-order valence-corrected chi connectivity index (χ4v) is 23.6. The van der Waals surface area contributed by atoms with Crippen molar-refractivity contribution in [1.29, 1.82) is 0 Å². The first-order chi connectivity index (χ1) is 64.0. The second-order valence-electron chi connectivity index (χ2n) is 33.5. The van der Waals surface area contributed by atoms with Crippen molar-refractivity contribution in [3.8, 4) is 96.5 Å². The lowest BCUT2D eigenvalue weighted by atomic mass is 9.94. The Labute approximate surface area is 744 Å². The molecule has 0 aliphatic heterocycles. The van der Waals surface area contributed by atoms with E-state index in [4.69, 9.17) is 29.9 Å². The Morgan fingerprint density at radius 3 is 1.40 bits per heavy atom. The highest BCUT2D eigenvalue weighted by Gasteiger charge is 2.30. The summed E-state index contributed by atoms with van der Waals surface area (Å²) in [5, 5.41) is 19.4. The molecule has 28 rings (SSSR count). The highest BCUT2D eigenvalue weighted by molar-refractivity contribution is 7.27. The standard InChI is InChI=1S/C116H67N11S2/c1-4-27-68(28-5-1)69-53-55-71(56-54-69)112-120-113(122-116(121-112)127-97-49-21-14-38-82(97)84-61-60-83-81-37-13-18-46-94(81)124(107(83)108(84)127)75-33-8-3-9-34-75)74-32-24-31-72(65-74)78-43-25-44-90-104-103-89-41-16-23-51-99(89)126(115-118-93-45-17-10-39-87(93)105(119-115)70-29-6-2-7-30-70)106(103)85-59-57-73(66-92(85)110(104)129-109(78)90)77-42-26-52-100-102(77)88-40-15-22-50-98(88)123(100)76-58-62-101-91(67-76)86-63-64-117-114(111(86)128-101)125-95-47-19-11-35-79(95)80-36-12-20-48-96(80)125/h1-67H. The van der Waals surface area contributed by atoms with E-state index in [0.29, 0.717) is 23.5 Å². The molecule has 0 radical (unpaired) electrons. The van der Waals surface area contributed by atoms with Crippen LogP contribution in [0, 0.1) is 0 Å². The minimum Gasteiger partial charge on any atom is -0.309 e. The largest absolute Gasteiger partial charge is 0.309 e. The van der Waals surface area contributed by atoms with Gasteiger partial charge < -0.3 is 9.13 Å². The normalized spacial score (nSPS) is 12.2. The van der Waals surface area contributed by atoms with Crippen molar-refractivity contribution in [3.63, 3.8) is 0 Å². The average Bonchev–Trinajstić information content (AvgIpc) is 1.52. The van der Waals surface area contributed by atoms with Gasteiger partial charge in [-0.15, -0.1) is 22.7 Å². The number of rotatable bonds is 11. The number of thiophene rings is 2. The van der Waals surface area contributed by atoms with Crippen molar-refractivity contribution in [2.75, 3.05) is 0 Å². The molecule has 0 saturated carbocycles. The maximum Gasteiger partial charge on any atom is 0.238 e. The SMILES string of the molecule is c1ccc(-c2ccc(-c3nc(-c4cccc(-c5cccc6c5sc5c7cc(-c8cccc9c8c8ccccc8n9-c8ccc9sc%10c(-n%11c%12ccccc%12c%12ccccc%12%11)nccc%10c9c8)ccc7c7c(c8ccccc8n7-c7nc(-c8ccccc8)c8ccccc8n7)c65)c4)nc(-n4c5ccccc5c5ccc6c7ccccc7n(-c7ccccc7)c6c54)n3)cc2)cc1. The second kappa shape index (κ2) is 27.8. The van der Waals surface area contributed by atoms with Gasteiger partial charge in [0, 0.05) is 140 Å². The van der Waals surface area contributed by atoms with Gasteiger partial charge in [-0.1, -0.05) is 303 Å². The Morgan fingerprint density at radius 2 is 0.690 bits per heavy atom. The van der Waals surface area contributed by atoms with Gasteiger partial charge in [0.25, 0.3) is 0 Å². The minimum absolute atomic E-state index is 0.513. The molecule has 0 amide bonds. The molecule has 11 nitrogen and oxygen atoms in total. The van der Waals surface area contributed by atoms with Crippen LogP contribution in [0.25, 0.3) is 268 Å². The summed E-state index contributed by atoms with van der Waals surface area (Å²) < 4.78 is 16.6. The van der Waals surface area contributed by atoms with E-state index in [0.717, 1.165) is 197 Å². The molecule has 0 aliphatic carbocycles. The predicted molar refractivity (Wildman–Crippen MR) is 538 cm³/mol. The number of fused-ring (bicyclic) bond motifs is 27. The predicted octanol–water partition coefficient (Wildman–Crippen LogP) is 30.6. The van der Waals surface area contributed by atoms with Crippen LogP contribution in [0.2, 0.25) is 0 Å². The second-order valence-corrected chi connectivity index (χ2v) is 35.6. The van der Waals surface area contributed by atoms with E-state index in [9.17, 15) is 0 Å². The van der Waals surface area contributed by atoms with Gasteiger partial charge in [0.2, 0.25) is 11.9 Å². The topological polar surface area (TPSA) is 102 Å². The maximum atomic E-state index is 5.74. The highest BCUT2D eigenvalue weighted by atomic mass is 32.1. The quantitative estimate of drug-likeness (QED) is 0.128. The summed E-state index contributed by atoms with van der Waals surface area (Å²) in [5.41, 5.74) is 24.0. The number of benzene rings is 18. The van der Waals surface area contributed by atoms with E-state index in [1.807, 2.05) is 28.9 Å². The van der Waals surface area contributed by atoms with Crippen molar-refractivity contribution in [3.05, 3.63) is 407 Å². The molecule has 598 valence electrons. The first-order valence-corrected chi connectivity index (χ1v) is 45.2. The van der Waals surface area contributed by atoms with Gasteiger partial charge in [-0.25, -0.2) is 19.9 Å². The van der Waals surface area contributed by atoms with Crippen molar-refractivity contribution in [2.45, 2.75) is 0 Å². The molecule has 0 unspecified atom stereocenters. The van der Waals surface area contributed by atoms with Gasteiger partial charge in [0.1, 0.15) is 0 Å². The number of hydrogen-bond acceptors (Lipinski definition) is 8. The monoisotopic (exact) mass is 1680 g/mol. The molecule has 0 bridgehead atoms. The molecule has 28 aromatic rings. The van der Waals surface area contributed by atoms with Gasteiger partial charge in [-0.05, 0) is 130 Å². The van der Waals surface area contributed by atoms with E-state index in [1.54, 1.807) is 0 Å². The van der Waals surface area contributed by atoms with Crippen molar-refractivity contribution in [2.24, 2.45) is 0 Å². The van der Waals surface area contributed by atoms with E-state index in [-0.39, 0.29) is 0 Å². The van der Waals surface area contributed by atoms with E-state index < -0.39 is 0 Å². The molecule has 0 N–H and O–H groups in total. The summed E-state index contributed by atoms with van der Waals surface area (Å²) in [7, 11) is 0. The smallest absolute Gasteiger partial charge is 0.238 e. The summed E-state index contributed by atoms with van der Waals surface area (Å²) in [6, 6.07) is 145. The molecule has 129 heavy (non-hydrogen) atoms. The van der Waals surface area contributed by atoms with Crippen LogP contribution in [0.4, 0.5) is 0 Å². The lowest BCUT2D eigenvalue weighted by Gasteiger charge is -2.14. The lowest BCUT2D eigenvalue weighted by molar-refractivity contribution is 0.953. The zero-order valence-corrected chi connectivity index (χ0v) is 70.6. The Bertz CT molecular complexity index is 9600. The molecular weight excluding hydrogens is 1610 g/mol. The van der Waals surface area contributed by atoms with Crippen LogP contribution in [0.5, 0.6) is 0 Å². The summed E-state index contributed by atoms with van der Waals surface area (Å²) in [6.45, 7) is 0. The lowest BCUT2D eigenvalue weighted by Crippen LogP contribution is -2.07. The summed E-state index contributed by atoms with van der Waals surface area (Å²) in [5.74, 6) is 3.16. The third kappa shape index (κ3) is 10.6. The van der Waals surface area contributed by atoms with E-state index in [2.05, 4.69) is 423 Å². The van der Waals surface area contributed by atoms with E-state index in [1.165, 1.54) is 47.1 Å². The first kappa shape index (κ1) is 71.6. The van der Waals surface area contributed by atoms with Gasteiger partial charge in [-0.3, -0.25) is 13.7 Å². The van der Waals surface area contributed by atoms with Crippen LogP contribution in [0.1, 0.15) is 0 Å². The zero-order chi connectivity index (χ0) is 84.2.